The third-order valence-electron chi connectivity index (χ3n) is 5.88. The molecule has 1 aromatic heterocycles. The normalized spacial score (nSPS) is 17.6. The Morgan fingerprint density at radius 2 is 1.39 bits per heavy atom. The van der Waals surface area contributed by atoms with Gasteiger partial charge in [0.05, 0.1) is 0 Å². The van der Waals surface area contributed by atoms with Crippen molar-refractivity contribution in [1.29, 1.82) is 0 Å². The summed E-state index contributed by atoms with van der Waals surface area (Å²) >= 11 is 0. The predicted molar refractivity (Wildman–Crippen MR) is 123 cm³/mol. The van der Waals surface area contributed by atoms with Gasteiger partial charge in [-0.2, -0.15) is 0 Å². The molecule has 0 saturated carbocycles. The van der Waals surface area contributed by atoms with Gasteiger partial charge in [0.1, 0.15) is 11.2 Å². The van der Waals surface area contributed by atoms with E-state index in [9.17, 15) is 4.79 Å². The number of fused-ring (bicyclic) bond motifs is 1. The molecule has 0 aliphatic carbocycles. The topological polar surface area (TPSA) is 73.4 Å². The van der Waals surface area contributed by atoms with Crippen molar-refractivity contribution in [3.63, 3.8) is 0 Å². The van der Waals surface area contributed by atoms with Crippen molar-refractivity contribution in [2.45, 2.75) is 19.4 Å². The Hall–Kier alpha value is -3.45. The Morgan fingerprint density at radius 1 is 0.839 bits per heavy atom. The van der Waals surface area contributed by atoms with Crippen LogP contribution in [0.25, 0.3) is 0 Å². The lowest BCUT2D eigenvalue weighted by atomic mass is 9.78. The summed E-state index contributed by atoms with van der Waals surface area (Å²) in [5.41, 5.74) is 10.3. The van der Waals surface area contributed by atoms with Crippen LogP contribution in [0.5, 0.6) is 0 Å². The van der Waals surface area contributed by atoms with Gasteiger partial charge >= 0.3 is 0 Å². The van der Waals surface area contributed by atoms with Crippen molar-refractivity contribution in [2.24, 2.45) is 0 Å². The molecule has 3 aromatic rings. The molecule has 2 aromatic carbocycles. The van der Waals surface area contributed by atoms with E-state index in [0.29, 0.717) is 11.4 Å². The van der Waals surface area contributed by atoms with Crippen LogP contribution in [-0.4, -0.2) is 43.1 Å². The number of hydrogen-bond acceptors (Lipinski definition) is 6. The summed E-state index contributed by atoms with van der Waals surface area (Å²) in [6, 6.07) is 16.7. The van der Waals surface area contributed by atoms with Gasteiger partial charge in [0.2, 0.25) is 0 Å². The van der Waals surface area contributed by atoms with Gasteiger partial charge in [-0.3, -0.25) is 15.2 Å². The van der Waals surface area contributed by atoms with E-state index in [2.05, 4.69) is 93.0 Å². The van der Waals surface area contributed by atoms with Crippen LogP contribution in [0, 0.1) is 0 Å². The summed E-state index contributed by atoms with van der Waals surface area (Å²) in [5, 5.41) is 0. The lowest BCUT2D eigenvalue weighted by Gasteiger charge is -2.39. The number of rotatable bonds is 6. The van der Waals surface area contributed by atoms with Crippen LogP contribution >= 0.6 is 0 Å². The van der Waals surface area contributed by atoms with Gasteiger partial charge in [-0.15, -0.1) is 0 Å². The zero-order valence-corrected chi connectivity index (χ0v) is 18.4. The number of benzene rings is 2. The number of nitrogens with one attached hydrogen (secondary N) is 2. The Bertz CT molecular complexity index is 1060. The molecule has 2 N–H and O–H groups in total. The van der Waals surface area contributed by atoms with Crippen molar-refractivity contribution in [3.05, 3.63) is 83.4 Å². The molecule has 7 heteroatoms. The highest BCUT2D eigenvalue weighted by molar-refractivity contribution is 5.95. The first-order valence-electron chi connectivity index (χ1n) is 10.5. The van der Waals surface area contributed by atoms with Crippen molar-refractivity contribution in [2.75, 3.05) is 37.0 Å². The fraction of sp³-hybridized carbons (Fsp3) is 0.292. The maximum atomic E-state index is 12.5. The van der Waals surface area contributed by atoms with E-state index >= 15 is 0 Å². The number of amides is 1. The maximum absolute atomic E-state index is 12.5. The minimum Gasteiger partial charge on any atom is -0.378 e. The fourth-order valence-electron chi connectivity index (χ4n) is 4.15. The van der Waals surface area contributed by atoms with E-state index in [4.69, 9.17) is 0 Å². The van der Waals surface area contributed by atoms with Crippen LogP contribution in [0.1, 0.15) is 41.2 Å². The lowest BCUT2D eigenvalue weighted by Crippen LogP contribution is -2.59. The van der Waals surface area contributed by atoms with E-state index in [1.54, 1.807) is 12.4 Å². The van der Waals surface area contributed by atoms with Gasteiger partial charge in [0, 0.05) is 51.0 Å². The molecule has 1 aliphatic heterocycles. The zero-order chi connectivity index (χ0) is 22.0. The molecule has 160 valence electrons. The van der Waals surface area contributed by atoms with Gasteiger partial charge < -0.3 is 9.80 Å². The molecule has 0 fully saturated rings. The minimum atomic E-state index is -0.857. The molecule has 1 atom stereocenters. The first-order chi connectivity index (χ1) is 15.0. The summed E-state index contributed by atoms with van der Waals surface area (Å²) < 4.78 is 0. The molecule has 0 saturated heterocycles. The number of hydrazine groups is 1. The quantitative estimate of drug-likeness (QED) is 0.644. The van der Waals surface area contributed by atoms with Gasteiger partial charge in [-0.25, -0.2) is 10.4 Å². The summed E-state index contributed by atoms with van der Waals surface area (Å²) in [5.74, 6) is -0.289. The van der Waals surface area contributed by atoms with Crippen molar-refractivity contribution >= 4 is 17.3 Å². The Labute approximate surface area is 183 Å². The van der Waals surface area contributed by atoms with E-state index in [1.165, 1.54) is 0 Å². The van der Waals surface area contributed by atoms with Gasteiger partial charge in [0.15, 0.2) is 5.69 Å². The molecule has 7 nitrogen and oxygen atoms in total. The Balaban J connectivity index is 1.91. The van der Waals surface area contributed by atoms with Crippen LogP contribution in [0.15, 0.2) is 60.9 Å². The molecule has 0 spiro atoms. The van der Waals surface area contributed by atoms with E-state index in [-0.39, 0.29) is 5.91 Å². The molecule has 31 heavy (non-hydrogen) atoms. The van der Waals surface area contributed by atoms with Crippen molar-refractivity contribution in [3.8, 4) is 0 Å². The molecule has 4 rings (SSSR count). The fourth-order valence-corrected chi connectivity index (χ4v) is 4.15. The molecule has 1 amide bonds. The maximum Gasteiger partial charge on any atom is 0.286 e. The number of carbonyl (C=O) groups is 1. The highest BCUT2D eigenvalue weighted by Crippen LogP contribution is 2.39. The molecular formula is C24H28N6O. The molecule has 1 unspecified atom stereocenters. The molecule has 0 bridgehead atoms. The summed E-state index contributed by atoms with van der Waals surface area (Å²) in [7, 11) is 4.02. The number of carbonyl (C=O) groups excluding carboxylic acids is 1. The molecule has 1 aliphatic rings. The van der Waals surface area contributed by atoms with Crippen molar-refractivity contribution in [1.82, 2.24) is 20.8 Å². The van der Waals surface area contributed by atoms with Crippen LogP contribution in [-0.2, 0) is 5.54 Å². The van der Waals surface area contributed by atoms with Gasteiger partial charge in [0.25, 0.3) is 5.91 Å². The number of nitrogens with zero attached hydrogens (tertiary/aromatic N) is 4. The van der Waals surface area contributed by atoms with Gasteiger partial charge in [-0.1, -0.05) is 24.3 Å². The lowest BCUT2D eigenvalue weighted by molar-refractivity contribution is 0.0888. The third kappa shape index (κ3) is 3.51. The second-order valence-corrected chi connectivity index (χ2v) is 7.74. The zero-order valence-electron chi connectivity index (χ0n) is 18.4. The molecule has 0 radical (unpaired) electrons. The van der Waals surface area contributed by atoms with Crippen LogP contribution < -0.4 is 20.7 Å². The van der Waals surface area contributed by atoms with E-state index < -0.39 is 5.54 Å². The summed E-state index contributed by atoms with van der Waals surface area (Å²) in [4.78, 5) is 25.8. The number of aromatic nitrogens is 2. The molecular weight excluding hydrogens is 388 g/mol. The second kappa shape index (κ2) is 8.35. The predicted octanol–water partition coefficient (Wildman–Crippen LogP) is 2.93. The minimum absolute atomic E-state index is 0.289. The van der Waals surface area contributed by atoms with E-state index in [0.717, 1.165) is 35.6 Å². The average molecular weight is 417 g/mol. The highest BCUT2D eigenvalue weighted by atomic mass is 16.2. The van der Waals surface area contributed by atoms with Gasteiger partial charge in [-0.05, 0) is 49.2 Å². The smallest absolute Gasteiger partial charge is 0.286 e. The largest absolute Gasteiger partial charge is 0.378 e. The average Bonchev–Trinajstić information content (AvgIpc) is 2.81. The van der Waals surface area contributed by atoms with Crippen LogP contribution in [0.3, 0.4) is 0 Å². The van der Waals surface area contributed by atoms with Crippen LogP contribution in [0.4, 0.5) is 11.4 Å². The highest BCUT2D eigenvalue weighted by Gasteiger charge is 2.45. The molecule has 2 heterocycles. The standard InChI is InChI=1S/C24H28N6O/c1-5-30(6-2)20-13-9-18(10-14-20)24(17-7-11-19(12-8-17)29(3)4)22-21(23(31)27-28-24)25-15-16-26-22/h7-16,28H,5-6H2,1-4H3,(H,27,31). The SMILES string of the molecule is CCN(CC)c1ccc(C2(c3ccc(N(C)C)cc3)NNC(=O)c3nccnc32)cc1. The third-order valence-corrected chi connectivity index (χ3v) is 5.88. The first kappa shape index (κ1) is 20.8. The number of anilines is 2. The number of hydrogen-bond donors (Lipinski definition) is 2. The Morgan fingerprint density at radius 3 is 1.94 bits per heavy atom. The monoisotopic (exact) mass is 416 g/mol. The summed E-state index contributed by atoms with van der Waals surface area (Å²) in [6.45, 7) is 6.18. The van der Waals surface area contributed by atoms with E-state index in [1.807, 2.05) is 14.1 Å². The van der Waals surface area contributed by atoms with Crippen LogP contribution in [0.2, 0.25) is 0 Å². The Kier molecular flexibility index (Phi) is 5.61. The first-order valence-corrected chi connectivity index (χ1v) is 10.5. The summed E-state index contributed by atoms with van der Waals surface area (Å²) in [6.07, 6.45) is 3.18. The second-order valence-electron chi connectivity index (χ2n) is 7.74. The van der Waals surface area contributed by atoms with Crippen molar-refractivity contribution < 1.29 is 4.79 Å².